The van der Waals surface area contributed by atoms with Crippen LogP contribution in [0.15, 0.2) is 34.7 Å². The molecule has 0 aliphatic heterocycles. The first-order chi connectivity index (χ1) is 10.1. The molecule has 1 aromatic carbocycles. The Morgan fingerprint density at radius 2 is 1.86 bits per heavy atom. The number of ether oxygens (including phenoxy) is 2. The average Bonchev–Trinajstić information content (AvgIpc) is 2.83. The number of furan rings is 1. The third-order valence-corrected chi connectivity index (χ3v) is 3.00. The highest BCUT2D eigenvalue weighted by Crippen LogP contribution is 2.16. The molecule has 1 aromatic heterocycles. The Morgan fingerprint density at radius 3 is 2.43 bits per heavy atom. The Kier molecular flexibility index (Phi) is 4.87. The number of hydrogen-bond donors (Lipinski definition) is 1. The van der Waals surface area contributed by atoms with E-state index >= 15 is 0 Å². The van der Waals surface area contributed by atoms with Gasteiger partial charge in [0, 0.05) is 0 Å². The summed E-state index contributed by atoms with van der Waals surface area (Å²) in [7, 11) is 1.62. The molecule has 1 heterocycles. The van der Waals surface area contributed by atoms with Gasteiger partial charge in [0.15, 0.2) is 0 Å². The molecule has 0 unspecified atom stereocenters. The summed E-state index contributed by atoms with van der Waals surface area (Å²) in [5, 5.41) is 2.80. The number of rotatable bonds is 6. The SMILES string of the molecule is COc1ccc(OCCNC(=O)c2cc(C)oc2C)cc1. The van der Waals surface area contributed by atoms with Gasteiger partial charge < -0.3 is 19.2 Å². The van der Waals surface area contributed by atoms with Crippen molar-refractivity contribution in [2.75, 3.05) is 20.3 Å². The molecular weight excluding hydrogens is 270 g/mol. The highest BCUT2D eigenvalue weighted by Gasteiger charge is 2.12. The van der Waals surface area contributed by atoms with E-state index in [0.717, 1.165) is 17.3 Å². The highest BCUT2D eigenvalue weighted by atomic mass is 16.5. The lowest BCUT2D eigenvalue weighted by atomic mass is 10.2. The summed E-state index contributed by atoms with van der Waals surface area (Å²) < 4.78 is 15.9. The molecule has 112 valence electrons. The lowest BCUT2D eigenvalue weighted by Gasteiger charge is -2.08. The summed E-state index contributed by atoms with van der Waals surface area (Å²) in [5.41, 5.74) is 0.567. The van der Waals surface area contributed by atoms with Crippen LogP contribution in [-0.2, 0) is 0 Å². The fourth-order valence-corrected chi connectivity index (χ4v) is 1.96. The molecule has 1 N–H and O–H groups in total. The van der Waals surface area contributed by atoms with E-state index in [1.807, 2.05) is 31.2 Å². The minimum atomic E-state index is -0.150. The summed E-state index contributed by atoms with van der Waals surface area (Å²) in [4.78, 5) is 11.9. The van der Waals surface area contributed by atoms with E-state index in [1.54, 1.807) is 20.1 Å². The summed E-state index contributed by atoms with van der Waals surface area (Å²) >= 11 is 0. The minimum Gasteiger partial charge on any atom is -0.497 e. The second-order valence-electron chi connectivity index (χ2n) is 4.61. The van der Waals surface area contributed by atoms with Crippen molar-refractivity contribution in [3.63, 3.8) is 0 Å². The molecule has 0 bridgehead atoms. The van der Waals surface area contributed by atoms with Crippen LogP contribution in [0, 0.1) is 13.8 Å². The van der Waals surface area contributed by atoms with Crippen molar-refractivity contribution in [2.45, 2.75) is 13.8 Å². The quantitative estimate of drug-likeness (QED) is 0.831. The number of hydrogen-bond acceptors (Lipinski definition) is 4. The van der Waals surface area contributed by atoms with Crippen LogP contribution in [0.4, 0.5) is 0 Å². The van der Waals surface area contributed by atoms with Gasteiger partial charge in [-0.15, -0.1) is 0 Å². The van der Waals surface area contributed by atoms with Crippen molar-refractivity contribution < 1.29 is 18.7 Å². The molecule has 0 fully saturated rings. The zero-order valence-electron chi connectivity index (χ0n) is 12.4. The van der Waals surface area contributed by atoms with Crippen LogP contribution in [0.3, 0.4) is 0 Å². The van der Waals surface area contributed by atoms with E-state index in [0.29, 0.717) is 24.5 Å². The lowest BCUT2D eigenvalue weighted by Crippen LogP contribution is -2.28. The number of benzene rings is 1. The second-order valence-corrected chi connectivity index (χ2v) is 4.61. The van der Waals surface area contributed by atoms with Crippen molar-refractivity contribution >= 4 is 5.91 Å². The minimum absolute atomic E-state index is 0.150. The van der Waals surface area contributed by atoms with Crippen LogP contribution in [-0.4, -0.2) is 26.2 Å². The second kappa shape index (κ2) is 6.83. The van der Waals surface area contributed by atoms with Gasteiger partial charge in [-0.1, -0.05) is 0 Å². The van der Waals surface area contributed by atoms with E-state index < -0.39 is 0 Å². The molecule has 21 heavy (non-hydrogen) atoms. The number of aryl methyl sites for hydroxylation is 2. The summed E-state index contributed by atoms with van der Waals surface area (Å²) in [6, 6.07) is 9.03. The maximum absolute atomic E-state index is 11.9. The van der Waals surface area contributed by atoms with Gasteiger partial charge in [0.1, 0.15) is 29.6 Å². The fourth-order valence-electron chi connectivity index (χ4n) is 1.96. The molecule has 2 rings (SSSR count). The molecule has 0 saturated carbocycles. The number of methoxy groups -OCH3 is 1. The first-order valence-electron chi connectivity index (χ1n) is 6.72. The van der Waals surface area contributed by atoms with E-state index in [-0.39, 0.29) is 5.91 Å². The van der Waals surface area contributed by atoms with E-state index in [9.17, 15) is 4.79 Å². The molecule has 0 aliphatic carbocycles. The van der Waals surface area contributed by atoms with E-state index in [1.165, 1.54) is 0 Å². The molecular formula is C16H19NO4. The Bertz CT molecular complexity index is 601. The Labute approximate surface area is 123 Å². The monoisotopic (exact) mass is 289 g/mol. The number of carbonyl (C=O) groups is 1. The predicted molar refractivity (Wildman–Crippen MR) is 79.0 cm³/mol. The number of amides is 1. The largest absolute Gasteiger partial charge is 0.497 e. The molecule has 1 amide bonds. The molecule has 5 heteroatoms. The van der Waals surface area contributed by atoms with Crippen molar-refractivity contribution in [2.24, 2.45) is 0 Å². The van der Waals surface area contributed by atoms with E-state index in [4.69, 9.17) is 13.9 Å². The van der Waals surface area contributed by atoms with Crippen LogP contribution in [0.25, 0.3) is 0 Å². The topological polar surface area (TPSA) is 60.7 Å². The van der Waals surface area contributed by atoms with Crippen LogP contribution in [0.5, 0.6) is 11.5 Å². The molecule has 0 radical (unpaired) electrons. The van der Waals surface area contributed by atoms with Gasteiger partial charge in [-0.2, -0.15) is 0 Å². The van der Waals surface area contributed by atoms with E-state index in [2.05, 4.69) is 5.32 Å². The van der Waals surface area contributed by atoms with Crippen LogP contribution in [0.2, 0.25) is 0 Å². The van der Waals surface area contributed by atoms with Gasteiger partial charge in [0.25, 0.3) is 5.91 Å². The third kappa shape index (κ3) is 4.02. The normalized spacial score (nSPS) is 10.2. The molecule has 2 aromatic rings. The summed E-state index contributed by atoms with van der Waals surface area (Å²) in [6.45, 7) is 4.41. The van der Waals surface area contributed by atoms with Gasteiger partial charge >= 0.3 is 0 Å². The molecule has 0 spiro atoms. The smallest absolute Gasteiger partial charge is 0.254 e. The van der Waals surface area contributed by atoms with Crippen LogP contribution in [0.1, 0.15) is 21.9 Å². The van der Waals surface area contributed by atoms with Gasteiger partial charge in [0.2, 0.25) is 0 Å². The maximum Gasteiger partial charge on any atom is 0.254 e. The first-order valence-corrected chi connectivity index (χ1v) is 6.72. The molecule has 0 saturated heterocycles. The summed E-state index contributed by atoms with van der Waals surface area (Å²) in [6.07, 6.45) is 0. The van der Waals surface area contributed by atoms with Crippen molar-refractivity contribution in [3.05, 3.63) is 47.4 Å². The van der Waals surface area contributed by atoms with Crippen molar-refractivity contribution in [1.82, 2.24) is 5.32 Å². The van der Waals surface area contributed by atoms with Gasteiger partial charge in [0.05, 0.1) is 19.2 Å². The average molecular weight is 289 g/mol. The standard InChI is InChI=1S/C16H19NO4/c1-11-10-15(12(2)21-11)16(18)17-8-9-20-14-6-4-13(19-3)5-7-14/h4-7,10H,8-9H2,1-3H3,(H,17,18). The van der Waals surface area contributed by atoms with Crippen LogP contribution < -0.4 is 14.8 Å². The first kappa shape index (κ1) is 15.0. The van der Waals surface area contributed by atoms with Crippen LogP contribution >= 0.6 is 0 Å². The third-order valence-electron chi connectivity index (χ3n) is 3.00. The number of nitrogens with one attached hydrogen (secondary N) is 1. The van der Waals surface area contributed by atoms with Gasteiger partial charge in [-0.05, 0) is 44.2 Å². The zero-order valence-corrected chi connectivity index (χ0v) is 12.4. The molecule has 0 atom stereocenters. The molecule has 5 nitrogen and oxygen atoms in total. The predicted octanol–water partition coefficient (Wildman–Crippen LogP) is 2.71. The highest BCUT2D eigenvalue weighted by molar-refractivity contribution is 5.95. The van der Waals surface area contributed by atoms with Gasteiger partial charge in [-0.25, -0.2) is 0 Å². The summed E-state index contributed by atoms with van der Waals surface area (Å²) in [5.74, 6) is 2.72. The number of carbonyl (C=O) groups excluding carboxylic acids is 1. The Morgan fingerprint density at radius 1 is 1.19 bits per heavy atom. The fraction of sp³-hybridized carbons (Fsp3) is 0.312. The lowest BCUT2D eigenvalue weighted by molar-refractivity contribution is 0.0945. The maximum atomic E-state index is 11.9. The van der Waals surface area contributed by atoms with Gasteiger partial charge in [-0.3, -0.25) is 4.79 Å². The van der Waals surface area contributed by atoms with Crippen molar-refractivity contribution in [1.29, 1.82) is 0 Å². The Hall–Kier alpha value is -2.43. The Balaban J connectivity index is 1.76. The molecule has 0 aliphatic rings. The van der Waals surface area contributed by atoms with Crippen molar-refractivity contribution in [3.8, 4) is 11.5 Å². The zero-order chi connectivity index (χ0) is 15.2.